The Morgan fingerprint density at radius 2 is 1.50 bits per heavy atom. The molecule has 0 unspecified atom stereocenters. The van der Waals surface area contributed by atoms with Gasteiger partial charge in [0.15, 0.2) is 0 Å². The summed E-state index contributed by atoms with van der Waals surface area (Å²) in [6.07, 6.45) is 14.4. The minimum absolute atomic E-state index is 0. The molecule has 0 amide bonds. The number of hydrogen-bond donors (Lipinski definition) is 0. The molecule has 0 radical (unpaired) electrons. The minimum Gasteiger partial charge on any atom is -0.854 e. The van der Waals surface area contributed by atoms with E-state index >= 15 is 0 Å². The molecule has 0 atom stereocenters. The van der Waals surface area contributed by atoms with Crippen LogP contribution >= 0.6 is 0 Å². The molecule has 0 fully saturated rings. The molecule has 0 spiro atoms. The zero-order valence-electron chi connectivity index (χ0n) is 13.2. The second-order valence-corrected chi connectivity index (χ2v) is 4.07. The van der Waals surface area contributed by atoms with Crippen LogP contribution in [0, 0.1) is 12.0 Å². The van der Waals surface area contributed by atoms with Gasteiger partial charge in [-0.2, -0.15) is 26.8 Å². The molecule has 0 N–H and O–H groups in total. The molecule has 0 bridgehead atoms. The van der Waals surface area contributed by atoms with E-state index < -0.39 is 0 Å². The van der Waals surface area contributed by atoms with Crippen molar-refractivity contribution in [3.8, 4) is 0 Å². The van der Waals surface area contributed by atoms with Crippen molar-refractivity contribution in [2.75, 3.05) is 13.2 Å². The summed E-state index contributed by atoms with van der Waals surface area (Å²) in [5.41, 5.74) is 0. The Morgan fingerprint density at radius 1 is 1.10 bits per heavy atom. The minimum atomic E-state index is -0.0243. The molecule has 2 nitrogen and oxygen atoms in total. The van der Waals surface area contributed by atoms with Gasteiger partial charge >= 0.3 is 25.8 Å². The summed E-state index contributed by atoms with van der Waals surface area (Å²) in [6.45, 7) is 12.9. The summed E-state index contributed by atoms with van der Waals surface area (Å²) >= 11 is 0. The van der Waals surface area contributed by atoms with Gasteiger partial charge in [0.05, 0.1) is 0 Å². The van der Waals surface area contributed by atoms with Gasteiger partial charge < -0.3 is 16.1 Å². The van der Waals surface area contributed by atoms with Crippen LogP contribution in [-0.4, -0.2) is 13.2 Å². The Hall–Kier alpha value is -0.250. The van der Waals surface area contributed by atoms with Crippen LogP contribution in [0.5, 0.6) is 0 Å². The second kappa shape index (κ2) is 31.2. The molecule has 112 valence electrons. The molecular weight excluding hydrogens is 415 g/mol. The molecule has 0 aromatic rings. The van der Waals surface area contributed by atoms with Crippen LogP contribution in [0.4, 0.5) is 0 Å². The fourth-order valence-corrected chi connectivity index (χ4v) is 0.507. The largest absolute Gasteiger partial charge is 4.00 e. The molecule has 20 heavy (non-hydrogen) atoms. The van der Waals surface area contributed by atoms with Crippen LogP contribution in [0.1, 0.15) is 40.0 Å². The Morgan fingerprint density at radius 3 is 1.55 bits per heavy atom. The normalized spacial score (nSPS) is 9.90. The first-order valence-electron chi connectivity index (χ1n) is 6.43. The molecule has 0 heterocycles. The first-order chi connectivity index (χ1) is 9.06. The van der Waals surface area contributed by atoms with Crippen molar-refractivity contribution in [3.05, 3.63) is 55.5 Å². The maximum absolute atomic E-state index is 9.46. The topological polar surface area (TPSA) is 46.1 Å². The molecule has 0 aliphatic heterocycles. The predicted octanol–water partition coefficient (Wildman–Crippen LogP) is 2.77. The first-order valence-corrected chi connectivity index (χ1v) is 6.43. The third kappa shape index (κ3) is 65.0. The molecular formula is C17H28HfO2. The van der Waals surface area contributed by atoms with E-state index in [1.165, 1.54) is 5.92 Å². The Bertz CT molecular complexity index is 198. The van der Waals surface area contributed by atoms with E-state index in [0.29, 0.717) is 12.8 Å². The summed E-state index contributed by atoms with van der Waals surface area (Å²) < 4.78 is 0. The Kier molecular flexibility index (Phi) is 43.7. The van der Waals surface area contributed by atoms with E-state index in [1.54, 1.807) is 12.2 Å². The zero-order valence-corrected chi connectivity index (χ0v) is 16.7. The predicted molar refractivity (Wildman–Crippen MR) is 81.2 cm³/mol. The van der Waals surface area contributed by atoms with Crippen LogP contribution in [0.3, 0.4) is 0 Å². The SMILES string of the molecule is C=CCC[O-].C=CCC[O-].C[C-](C)C.[C-]1=CC=CC1.[Hf+4]. The molecule has 0 saturated heterocycles. The molecule has 0 aromatic heterocycles. The maximum atomic E-state index is 9.46. The van der Waals surface area contributed by atoms with Gasteiger partial charge in [0.25, 0.3) is 0 Å². The van der Waals surface area contributed by atoms with Crippen molar-refractivity contribution in [1.82, 2.24) is 0 Å². The van der Waals surface area contributed by atoms with Gasteiger partial charge in [0, 0.05) is 0 Å². The van der Waals surface area contributed by atoms with Gasteiger partial charge in [-0.25, -0.2) is 12.2 Å². The van der Waals surface area contributed by atoms with Gasteiger partial charge in [-0.1, -0.05) is 25.0 Å². The number of hydrogen-bond acceptors (Lipinski definition) is 2. The van der Waals surface area contributed by atoms with Gasteiger partial charge in [-0.3, -0.25) is 6.08 Å². The van der Waals surface area contributed by atoms with Crippen molar-refractivity contribution in [2.24, 2.45) is 0 Å². The quantitative estimate of drug-likeness (QED) is 0.382. The van der Waals surface area contributed by atoms with Crippen molar-refractivity contribution >= 4 is 0 Å². The van der Waals surface area contributed by atoms with Crippen LogP contribution in [0.25, 0.3) is 0 Å². The van der Waals surface area contributed by atoms with Gasteiger partial charge in [0.2, 0.25) is 0 Å². The number of allylic oxidation sites excluding steroid dienone is 4. The fraction of sp³-hybridized carbons (Fsp3) is 0.471. The summed E-state index contributed by atoms with van der Waals surface area (Å²) in [5.74, 6) is 1.42. The average molecular weight is 443 g/mol. The van der Waals surface area contributed by atoms with Gasteiger partial charge in [-0.15, -0.1) is 32.8 Å². The van der Waals surface area contributed by atoms with E-state index in [-0.39, 0.29) is 39.1 Å². The summed E-state index contributed by atoms with van der Waals surface area (Å²) in [6, 6.07) is 0. The van der Waals surface area contributed by atoms with Crippen LogP contribution in [0.2, 0.25) is 0 Å². The Balaban J connectivity index is -0.0000000843. The van der Waals surface area contributed by atoms with E-state index in [0.717, 1.165) is 6.42 Å². The third-order valence-corrected chi connectivity index (χ3v) is 1.23. The molecule has 1 rings (SSSR count). The molecule has 1 aliphatic carbocycles. The van der Waals surface area contributed by atoms with E-state index in [9.17, 15) is 10.2 Å². The van der Waals surface area contributed by atoms with Crippen molar-refractivity contribution < 1.29 is 36.1 Å². The summed E-state index contributed by atoms with van der Waals surface area (Å²) in [4.78, 5) is 0. The second-order valence-electron chi connectivity index (χ2n) is 4.07. The monoisotopic (exact) mass is 444 g/mol. The van der Waals surface area contributed by atoms with E-state index in [2.05, 4.69) is 46.1 Å². The summed E-state index contributed by atoms with van der Waals surface area (Å²) in [5, 5.41) is 18.9. The zero-order chi connectivity index (χ0) is 15.4. The maximum Gasteiger partial charge on any atom is 4.00 e. The average Bonchev–Trinajstić information content (AvgIpc) is 2.90. The molecule has 0 saturated carbocycles. The Labute approximate surface area is 144 Å². The standard InChI is InChI=1S/C5H5.2C4H7O.C4H9.Hf/c1-2-4-5-3-1;2*1-2-3-4-5;1-4(2)3;/h1-3H,4H2;2*2H,1,3-4H2;1-3H3;/q4*-1;+4. The summed E-state index contributed by atoms with van der Waals surface area (Å²) in [7, 11) is 0. The van der Waals surface area contributed by atoms with Crippen molar-refractivity contribution in [3.63, 3.8) is 0 Å². The molecule has 1 aliphatic rings. The molecule has 0 aromatic carbocycles. The van der Waals surface area contributed by atoms with Crippen LogP contribution in [-0.2, 0) is 25.8 Å². The first kappa shape index (κ1) is 28.0. The van der Waals surface area contributed by atoms with Crippen LogP contribution in [0.15, 0.2) is 43.5 Å². The third-order valence-electron chi connectivity index (χ3n) is 1.23. The smallest absolute Gasteiger partial charge is 0.854 e. The number of rotatable bonds is 4. The van der Waals surface area contributed by atoms with Crippen LogP contribution < -0.4 is 10.2 Å². The molecule has 3 heteroatoms. The van der Waals surface area contributed by atoms with Crippen molar-refractivity contribution in [2.45, 2.75) is 40.0 Å². The fourth-order valence-electron chi connectivity index (χ4n) is 0.507. The van der Waals surface area contributed by atoms with E-state index in [1.807, 2.05) is 12.2 Å². The van der Waals surface area contributed by atoms with Gasteiger partial charge in [0.1, 0.15) is 0 Å². The van der Waals surface area contributed by atoms with Gasteiger partial charge in [-0.05, 0) is 0 Å². The van der Waals surface area contributed by atoms with E-state index in [4.69, 9.17) is 0 Å². The van der Waals surface area contributed by atoms with Crippen molar-refractivity contribution in [1.29, 1.82) is 0 Å².